The Hall–Kier alpha value is -1.26. The van der Waals surface area contributed by atoms with Crippen LogP contribution in [0.1, 0.15) is 53.9 Å². The number of carboxylic acids is 1. The van der Waals surface area contributed by atoms with Crippen molar-refractivity contribution in [3.8, 4) is 0 Å². The third-order valence-corrected chi connectivity index (χ3v) is 4.81. The molecule has 0 spiro atoms. The molecule has 0 aromatic carbocycles. The summed E-state index contributed by atoms with van der Waals surface area (Å²) in [7, 11) is 1.76. The van der Waals surface area contributed by atoms with Gasteiger partial charge in [0.05, 0.1) is 0 Å². The Morgan fingerprint density at radius 3 is 2.40 bits per heavy atom. The van der Waals surface area contributed by atoms with Gasteiger partial charge in [0.25, 0.3) is 0 Å². The first-order chi connectivity index (χ1) is 9.04. The number of carbonyl (C=O) groups excluding carboxylic acids is 1. The minimum Gasteiger partial charge on any atom is -0.480 e. The highest BCUT2D eigenvalue weighted by molar-refractivity contribution is 5.84. The van der Waals surface area contributed by atoms with Gasteiger partial charge in [0.1, 0.15) is 6.04 Å². The monoisotopic (exact) mass is 284 g/mol. The highest BCUT2D eigenvalue weighted by atomic mass is 16.4. The predicted octanol–water partition coefficient (Wildman–Crippen LogP) is 2.80. The van der Waals surface area contributed by atoms with Crippen molar-refractivity contribution in [2.75, 3.05) is 13.6 Å². The quantitative estimate of drug-likeness (QED) is 0.867. The van der Waals surface area contributed by atoms with Gasteiger partial charge in [0.2, 0.25) is 0 Å². The first-order valence-corrected chi connectivity index (χ1v) is 7.32. The molecule has 1 fully saturated rings. The molecule has 0 aliphatic carbocycles. The molecule has 1 aliphatic heterocycles. The van der Waals surface area contributed by atoms with E-state index in [9.17, 15) is 14.7 Å². The largest absolute Gasteiger partial charge is 0.480 e. The number of aliphatic carboxylic acids is 1. The molecule has 0 saturated carbocycles. The van der Waals surface area contributed by atoms with Crippen LogP contribution in [0.3, 0.4) is 0 Å². The summed E-state index contributed by atoms with van der Waals surface area (Å²) in [6, 6.07) is -0.934. The molecule has 5 nitrogen and oxygen atoms in total. The lowest BCUT2D eigenvalue weighted by Crippen LogP contribution is -2.61. The van der Waals surface area contributed by atoms with Crippen molar-refractivity contribution < 1.29 is 14.7 Å². The molecular weight excluding hydrogens is 256 g/mol. The zero-order valence-electron chi connectivity index (χ0n) is 13.6. The van der Waals surface area contributed by atoms with Crippen LogP contribution in [0, 0.1) is 5.41 Å². The van der Waals surface area contributed by atoms with Gasteiger partial charge in [0.15, 0.2) is 0 Å². The van der Waals surface area contributed by atoms with Crippen molar-refractivity contribution in [1.82, 2.24) is 9.80 Å². The van der Waals surface area contributed by atoms with Crippen molar-refractivity contribution in [3.05, 3.63) is 0 Å². The van der Waals surface area contributed by atoms with Crippen LogP contribution in [0.5, 0.6) is 0 Å². The maximum atomic E-state index is 12.7. The van der Waals surface area contributed by atoms with Crippen molar-refractivity contribution in [2.24, 2.45) is 5.41 Å². The van der Waals surface area contributed by atoms with Crippen LogP contribution in [0.2, 0.25) is 0 Å². The van der Waals surface area contributed by atoms with Gasteiger partial charge in [-0.3, -0.25) is 0 Å². The van der Waals surface area contributed by atoms with Crippen molar-refractivity contribution in [3.63, 3.8) is 0 Å². The number of amides is 2. The van der Waals surface area contributed by atoms with E-state index < -0.39 is 17.4 Å². The zero-order chi connectivity index (χ0) is 15.7. The fourth-order valence-electron chi connectivity index (χ4n) is 2.76. The normalized spacial score (nSPS) is 22.5. The second-order valence-corrected chi connectivity index (χ2v) is 7.03. The molecule has 116 valence electrons. The first-order valence-electron chi connectivity index (χ1n) is 7.32. The van der Waals surface area contributed by atoms with E-state index in [-0.39, 0.29) is 11.6 Å². The lowest BCUT2D eigenvalue weighted by molar-refractivity contribution is -0.149. The average Bonchev–Trinajstić information content (AvgIpc) is 2.34. The minimum absolute atomic E-state index is 0.183. The number of carboxylic acid groups (broad SMARTS) is 1. The molecule has 1 unspecified atom stereocenters. The van der Waals surface area contributed by atoms with Gasteiger partial charge in [-0.25, -0.2) is 9.59 Å². The predicted molar refractivity (Wildman–Crippen MR) is 78.7 cm³/mol. The molecule has 0 aromatic heterocycles. The molecule has 0 bridgehead atoms. The van der Waals surface area contributed by atoms with Gasteiger partial charge in [-0.05, 0) is 38.5 Å². The van der Waals surface area contributed by atoms with Gasteiger partial charge in [-0.15, -0.1) is 0 Å². The van der Waals surface area contributed by atoms with E-state index in [0.717, 1.165) is 19.3 Å². The Morgan fingerprint density at radius 1 is 1.40 bits per heavy atom. The van der Waals surface area contributed by atoms with E-state index in [2.05, 4.69) is 0 Å². The highest BCUT2D eigenvalue weighted by Crippen LogP contribution is 2.36. The lowest BCUT2D eigenvalue weighted by Gasteiger charge is -2.47. The van der Waals surface area contributed by atoms with E-state index >= 15 is 0 Å². The second kappa shape index (κ2) is 5.62. The van der Waals surface area contributed by atoms with Gasteiger partial charge in [-0.1, -0.05) is 20.8 Å². The van der Waals surface area contributed by atoms with E-state index in [0.29, 0.717) is 6.54 Å². The van der Waals surface area contributed by atoms with E-state index in [1.165, 1.54) is 4.90 Å². The summed E-state index contributed by atoms with van der Waals surface area (Å²) in [5.41, 5.74) is -0.668. The van der Waals surface area contributed by atoms with Gasteiger partial charge in [-0.2, -0.15) is 0 Å². The minimum atomic E-state index is -0.911. The van der Waals surface area contributed by atoms with Gasteiger partial charge < -0.3 is 14.9 Å². The molecule has 1 saturated heterocycles. The smallest absolute Gasteiger partial charge is 0.327 e. The van der Waals surface area contributed by atoms with Crippen LogP contribution in [0.25, 0.3) is 0 Å². The van der Waals surface area contributed by atoms with Crippen LogP contribution >= 0.6 is 0 Å². The maximum absolute atomic E-state index is 12.7. The number of hydrogen-bond donors (Lipinski definition) is 1. The fraction of sp³-hybridized carbons (Fsp3) is 0.867. The van der Waals surface area contributed by atoms with E-state index in [1.54, 1.807) is 11.9 Å². The standard InChI is InChI=1S/C15H28N2O3/c1-7-15(4,5)16(6)13(20)17-10-8-9-14(2,3)11(17)12(18)19/h11H,7-10H2,1-6H3,(H,18,19). The molecule has 1 N–H and O–H groups in total. The van der Waals surface area contributed by atoms with Crippen LogP contribution in [0.15, 0.2) is 0 Å². The molecule has 2 amide bonds. The van der Waals surface area contributed by atoms with Crippen LogP contribution < -0.4 is 0 Å². The Labute approximate surface area is 121 Å². The van der Waals surface area contributed by atoms with Gasteiger partial charge >= 0.3 is 12.0 Å². The lowest BCUT2D eigenvalue weighted by atomic mass is 9.76. The Kier molecular flexibility index (Phi) is 4.72. The number of hydrogen-bond acceptors (Lipinski definition) is 2. The summed E-state index contributed by atoms with van der Waals surface area (Å²) in [5, 5.41) is 9.52. The number of rotatable bonds is 3. The van der Waals surface area contributed by atoms with Crippen LogP contribution in [-0.2, 0) is 4.79 Å². The van der Waals surface area contributed by atoms with Crippen molar-refractivity contribution in [2.45, 2.75) is 65.5 Å². The number of piperidine rings is 1. The third kappa shape index (κ3) is 3.07. The summed E-state index contributed by atoms with van der Waals surface area (Å²) in [6.45, 7) is 10.4. The third-order valence-electron chi connectivity index (χ3n) is 4.81. The highest BCUT2D eigenvalue weighted by Gasteiger charge is 2.46. The number of nitrogens with zero attached hydrogens (tertiary/aromatic N) is 2. The van der Waals surface area contributed by atoms with Crippen LogP contribution in [-0.4, -0.2) is 52.1 Å². The number of urea groups is 1. The number of likely N-dealkylation sites (tertiary alicyclic amines) is 1. The van der Waals surface area contributed by atoms with E-state index in [4.69, 9.17) is 0 Å². The summed E-state index contributed by atoms with van der Waals surface area (Å²) < 4.78 is 0. The number of carbonyl (C=O) groups is 2. The second-order valence-electron chi connectivity index (χ2n) is 7.03. The molecule has 0 radical (unpaired) electrons. The maximum Gasteiger partial charge on any atom is 0.327 e. The van der Waals surface area contributed by atoms with E-state index in [1.807, 2.05) is 34.6 Å². The van der Waals surface area contributed by atoms with Crippen molar-refractivity contribution in [1.29, 1.82) is 0 Å². The molecule has 1 rings (SSSR count). The van der Waals surface area contributed by atoms with Crippen molar-refractivity contribution >= 4 is 12.0 Å². The molecule has 20 heavy (non-hydrogen) atoms. The SMILES string of the molecule is CCC(C)(C)N(C)C(=O)N1CCCC(C)(C)C1C(=O)O. The topological polar surface area (TPSA) is 60.9 Å². The fourth-order valence-corrected chi connectivity index (χ4v) is 2.76. The molecule has 1 atom stereocenters. The Bertz CT molecular complexity index is 391. The molecule has 1 heterocycles. The summed E-state index contributed by atoms with van der Waals surface area (Å²) in [5.74, 6) is -0.911. The average molecular weight is 284 g/mol. The van der Waals surface area contributed by atoms with Gasteiger partial charge in [0, 0.05) is 19.1 Å². The molecule has 5 heteroatoms. The summed E-state index contributed by atoms with van der Waals surface area (Å²) in [6.07, 6.45) is 2.50. The first kappa shape index (κ1) is 16.8. The summed E-state index contributed by atoms with van der Waals surface area (Å²) >= 11 is 0. The van der Waals surface area contributed by atoms with Crippen LogP contribution in [0.4, 0.5) is 4.79 Å². The Morgan fingerprint density at radius 2 is 1.95 bits per heavy atom. The Balaban J connectivity index is 3.04. The summed E-state index contributed by atoms with van der Waals surface area (Å²) in [4.78, 5) is 27.5. The molecule has 0 aromatic rings. The molecule has 1 aliphatic rings. The molecular formula is C15H28N2O3. The zero-order valence-corrected chi connectivity index (χ0v) is 13.6.